The van der Waals surface area contributed by atoms with Crippen LogP contribution in [0.15, 0.2) is 49.3 Å². The number of aromatic nitrogens is 2. The fraction of sp³-hybridized carbons (Fsp3) is 0.318. The Morgan fingerprint density at radius 3 is 2.56 bits per heavy atom. The predicted molar refractivity (Wildman–Crippen MR) is 109 cm³/mol. The standard InChI is InChI=1S/C14H16N2.C6H7N.C2H6/c1-3-16-13-5-4-10(2)8-11(13)12-9-15-7-6-14(12)16;1-6-3-2-4-7-5-6;1-2/h3-5,8,15H,1,6-7,9H2,2H3;2-5H,1H3;1-2H3. The molecule has 0 unspecified atom stereocenters. The van der Waals surface area contributed by atoms with E-state index in [1.165, 1.54) is 33.3 Å². The van der Waals surface area contributed by atoms with E-state index in [-0.39, 0.29) is 0 Å². The fourth-order valence-electron chi connectivity index (χ4n) is 3.09. The summed E-state index contributed by atoms with van der Waals surface area (Å²) in [4.78, 5) is 3.88. The molecule has 1 N–H and O–H groups in total. The normalized spacial score (nSPS) is 12.3. The Balaban J connectivity index is 0.000000211. The molecule has 0 amide bonds. The van der Waals surface area contributed by atoms with Crippen LogP contribution in [-0.2, 0) is 13.0 Å². The van der Waals surface area contributed by atoms with Crippen LogP contribution in [0, 0.1) is 13.8 Å². The molecule has 0 bridgehead atoms. The van der Waals surface area contributed by atoms with Gasteiger partial charge in [-0.3, -0.25) is 4.98 Å². The molecule has 0 aliphatic carbocycles. The van der Waals surface area contributed by atoms with Gasteiger partial charge in [-0.2, -0.15) is 0 Å². The quantitative estimate of drug-likeness (QED) is 0.669. The van der Waals surface area contributed by atoms with Crippen molar-refractivity contribution < 1.29 is 0 Å². The second-order valence-corrected chi connectivity index (χ2v) is 5.96. The molecule has 3 nitrogen and oxygen atoms in total. The summed E-state index contributed by atoms with van der Waals surface area (Å²) in [5.41, 5.74) is 6.69. The number of hydrogen-bond acceptors (Lipinski definition) is 2. The molecular weight excluding hydrogens is 306 g/mol. The summed E-state index contributed by atoms with van der Waals surface area (Å²) in [6, 6.07) is 10.6. The third kappa shape index (κ3) is 4.37. The summed E-state index contributed by atoms with van der Waals surface area (Å²) >= 11 is 0. The molecule has 2 aromatic heterocycles. The number of fused-ring (bicyclic) bond motifs is 3. The van der Waals surface area contributed by atoms with Gasteiger partial charge in [-0.1, -0.05) is 38.1 Å². The molecule has 3 heterocycles. The van der Waals surface area contributed by atoms with Crippen LogP contribution in [-0.4, -0.2) is 16.1 Å². The molecule has 1 aliphatic heterocycles. The number of aryl methyl sites for hydroxylation is 2. The highest BCUT2D eigenvalue weighted by atomic mass is 15.0. The Bertz CT molecular complexity index is 816. The number of rotatable bonds is 1. The van der Waals surface area contributed by atoms with E-state index in [0.29, 0.717) is 0 Å². The Morgan fingerprint density at radius 1 is 1.16 bits per heavy atom. The van der Waals surface area contributed by atoms with Gasteiger partial charge in [0, 0.05) is 49.2 Å². The third-order valence-corrected chi connectivity index (χ3v) is 4.21. The molecule has 3 aromatic rings. The molecule has 3 heteroatoms. The van der Waals surface area contributed by atoms with E-state index < -0.39 is 0 Å². The van der Waals surface area contributed by atoms with Crippen LogP contribution >= 0.6 is 0 Å². The van der Waals surface area contributed by atoms with E-state index in [4.69, 9.17) is 0 Å². The van der Waals surface area contributed by atoms with E-state index in [2.05, 4.69) is 46.6 Å². The summed E-state index contributed by atoms with van der Waals surface area (Å²) in [7, 11) is 0. The molecule has 25 heavy (non-hydrogen) atoms. The van der Waals surface area contributed by atoms with Crippen LogP contribution in [0.5, 0.6) is 0 Å². The van der Waals surface area contributed by atoms with Crippen molar-refractivity contribution in [2.45, 2.75) is 40.7 Å². The molecule has 0 fully saturated rings. The van der Waals surface area contributed by atoms with Gasteiger partial charge in [-0.25, -0.2) is 0 Å². The maximum absolute atomic E-state index is 3.93. The summed E-state index contributed by atoms with van der Waals surface area (Å²) in [5.74, 6) is 0. The van der Waals surface area contributed by atoms with Crippen molar-refractivity contribution in [2.75, 3.05) is 6.54 Å². The minimum Gasteiger partial charge on any atom is -0.320 e. The van der Waals surface area contributed by atoms with Gasteiger partial charge in [-0.15, -0.1) is 0 Å². The number of pyridine rings is 1. The van der Waals surface area contributed by atoms with Crippen LogP contribution < -0.4 is 5.32 Å². The first kappa shape index (κ1) is 18.9. The lowest BCUT2D eigenvalue weighted by Crippen LogP contribution is -2.23. The number of nitrogens with zero attached hydrogens (tertiary/aromatic N) is 2. The third-order valence-electron chi connectivity index (χ3n) is 4.21. The van der Waals surface area contributed by atoms with Crippen LogP contribution in [0.4, 0.5) is 0 Å². The van der Waals surface area contributed by atoms with E-state index in [0.717, 1.165) is 19.5 Å². The molecule has 0 saturated carbocycles. The van der Waals surface area contributed by atoms with Crippen LogP contribution in [0.2, 0.25) is 0 Å². The second kappa shape index (κ2) is 9.19. The van der Waals surface area contributed by atoms with E-state index in [9.17, 15) is 0 Å². The molecule has 0 saturated heterocycles. The zero-order chi connectivity index (χ0) is 18.2. The van der Waals surface area contributed by atoms with E-state index in [1.54, 1.807) is 6.20 Å². The van der Waals surface area contributed by atoms with Gasteiger partial charge in [0.15, 0.2) is 0 Å². The van der Waals surface area contributed by atoms with Crippen molar-refractivity contribution in [2.24, 2.45) is 0 Å². The van der Waals surface area contributed by atoms with Gasteiger partial charge in [-0.05, 0) is 43.2 Å². The van der Waals surface area contributed by atoms with Crippen molar-refractivity contribution in [1.82, 2.24) is 14.9 Å². The number of hydrogen-bond donors (Lipinski definition) is 1. The lowest BCUT2D eigenvalue weighted by Gasteiger charge is -2.14. The van der Waals surface area contributed by atoms with Gasteiger partial charge < -0.3 is 9.88 Å². The average molecular weight is 335 g/mol. The highest BCUT2D eigenvalue weighted by molar-refractivity contribution is 5.88. The highest BCUT2D eigenvalue weighted by Gasteiger charge is 2.18. The van der Waals surface area contributed by atoms with Crippen LogP contribution in [0.1, 0.15) is 36.2 Å². The highest BCUT2D eigenvalue weighted by Crippen LogP contribution is 2.29. The number of nitrogens with one attached hydrogen (secondary N) is 1. The van der Waals surface area contributed by atoms with Gasteiger partial charge >= 0.3 is 0 Å². The van der Waals surface area contributed by atoms with Crippen molar-refractivity contribution in [3.8, 4) is 0 Å². The van der Waals surface area contributed by atoms with Gasteiger partial charge in [0.1, 0.15) is 0 Å². The predicted octanol–water partition coefficient (Wildman–Crippen LogP) is 5.11. The monoisotopic (exact) mass is 335 g/mol. The lowest BCUT2D eigenvalue weighted by molar-refractivity contribution is 0.634. The molecule has 0 radical (unpaired) electrons. The van der Waals surface area contributed by atoms with Gasteiger partial charge in [0.25, 0.3) is 0 Å². The maximum Gasteiger partial charge on any atom is 0.0528 e. The molecule has 0 spiro atoms. The summed E-state index contributed by atoms with van der Waals surface area (Å²) in [6.45, 7) is 14.1. The molecule has 0 atom stereocenters. The second-order valence-electron chi connectivity index (χ2n) is 5.96. The van der Waals surface area contributed by atoms with Crippen molar-refractivity contribution in [3.63, 3.8) is 0 Å². The smallest absolute Gasteiger partial charge is 0.0528 e. The van der Waals surface area contributed by atoms with Crippen molar-refractivity contribution in [3.05, 3.63) is 71.7 Å². The Morgan fingerprint density at radius 2 is 1.96 bits per heavy atom. The van der Waals surface area contributed by atoms with Gasteiger partial charge in [0.2, 0.25) is 0 Å². The number of benzene rings is 1. The van der Waals surface area contributed by atoms with Crippen molar-refractivity contribution in [1.29, 1.82) is 0 Å². The first-order chi connectivity index (χ1) is 12.2. The average Bonchev–Trinajstić information content (AvgIpc) is 2.97. The zero-order valence-electron chi connectivity index (χ0n) is 15.8. The first-order valence-electron chi connectivity index (χ1n) is 9.03. The van der Waals surface area contributed by atoms with Crippen LogP contribution in [0.25, 0.3) is 17.1 Å². The summed E-state index contributed by atoms with van der Waals surface area (Å²) in [6.07, 6.45) is 6.63. The minimum absolute atomic E-state index is 0.982. The lowest BCUT2D eigenvalue weighted by atomic mass is 10.0. The van der Waals surface area contributed by atoms with E-state index in [1.807, 2.05) is 45.3 Å². The molecular formula is C22H29N3. The Labute approximate surface area is 151 Å². The first-order valence-corrected chi connectivity index (χ1v) is 9.03. The topological polar surface area (TPSA) is 29.9 Å². The largest absolute Gasteiger partial charge is 0.320 e. The summed E-state index contributed by atoms with van der Waals surface area (Å²) < 4.78 is 2.24. The molecule has 132 valence electrons. The molecule has 1 aromatic carbocycles. The molecule has 4 rings (SSSR count). The minimum atomic E-state index is 0.982. The maximum atomic E-state index is 3.93. The Kier molecular flexibility index (Phi) is 6.96. The summed E-state index contributed by atoms with van der Waals surface area (Å²) in [5, 5.41) is 4.82. The SMILES string of the molecule is C=Cn1c2c(c3cc(C)ccc31)CNCC2.CC.Cc1cccnc1. The van der Waals surface area contributed by atoms with E-state index >= 15 is 0 Å². The van der Waals surface area contributed by atoms with Gasteiger partial charge in [0.05, 0.1) is 5.52 Å². The van der Waals surface area contributed by atoms with Crippen LogP contribution in [0.3, 0.4) is 0 Å². The fourth-order valence-corrected chi connectivity index (χ4v) is 3.09. The zero-order valence-corrected chi connectivity index (χ0v) is 15.8. The van der Waals surface area contributed by atoms with Crippen molar-refractivity contribution >= 4 is 17.1 Å². The molecule has 1 aliphatic rings. The Hall–Kier alpha value is -2.39.